The molecule has 3 heteroatoms. The van der Waals surface area contributed by atoms with Crippen molar-refractivity contribution in [2.75, 3.05) is 5.73 Å². The Labute approximate surface area is 149 Å². The van der Waals surface area contributed by atoms with E-state index in [1.54, 1.807) is 0 Å². The SMILES string of the molecule is CC/C(C)=C/c1cc(-c2ncccc2-c2cccc(C)n2)ccc1N. The summed E-state index contributed by atoms with van der Waals surface area (Å²) < 4.78 is 0. The summed E-state index contributed by atoms with van der Waals surface area (Å²) in [6.07, 6.45) is 4.97. The van der Waals surface area contributed by atoms with Crippen molar-refractivity contribution in [3.63, 3.8) is 0 Å². The van der Waals surface area contributed by atoms with Crippen molar-refractivity contribution >= 4 is 11.8 Å². The Bertz CT molecular complexity index is 926. The van der Waals surface area contributed by atoms with E-state index in [0.717, 1.165) is 45.9 Å². The number of hydrogen-bond acceptors (Lipinski definition) is 3. The number of aromatic nitrogens is 2. The molecular weight excluding hydrogens is 306 g/mol. The van der Waals surface area contributed by atoms with E-state index in [9.17, 15) is 0 Å². The van der Waals surface area contributed by atoms with Crippen molar-refractivity contribution in [3.8, 4) is 22.5 Å². The average molecular weight is 329 g/mol. The molecule has 0 aliphatic carbocycles. The van der Waals surface area contributed by atoms with Crippen LogP contribution in [-0.4, -0.2) is 9.97 Å². The zero-order valence-corrected chi connectivity index (χ0v) is 15.0. The summed E-state index contributed by atoms with van der Waals surface area (Å²) in [5, 5.41) is 0. The number of anilines is 1. The number of nitrogens with two attached hydrogens (primary N) is 1. The molecule has 0 aliphatic rings. The van der Waals surface area contributed by atoms with Crippen molar-refractivity contribution < 1.29 is 0 Å². The van der Waals surface area contributed by atoms with Crippen LogP contribution < -0.4 is 5.73 Å². The van der Waals surface area contributed by atoms with E-state index in [-0.39, 0.29) is 0 Å². The van der Waals surface area contributed by atoms with Gasteiger partial charge in [0.25, 0.3) is 0 Å². The third-order valence-corrected chi connectivity index (χ3v) is 4.29. The summed E-state index contributed by atoms with van der Waals surface area (Å²) >= 11 is 0. The first-order valence-electron chi connectivity index (χ1n) is 8.54. The van der Waals surface area contributed by atoms with Gasteiger partial charge in [0.15, 0.2) is 0 Å². The van der Waals surface area contributed by atoms with Crippen LogP contribution in [0.25, 0.3) is 28.6 Å². The fourth-order valence-corrected chi connectivity index (χ4v) is 2.75. The van der Waals surface area contributed by atoms with Crippen LogP contribution >= 0.6 is 0 Å². The van der Waals surface area contributed by atoms with Crippen molar-refractivity contribution in [2.45, 2.75) is 27.2 Å². The summed E-state index contributed by atoms with van der Waals surface area (Å²) in [5.74, 6) is 0. The quantitative estimate of drug-likeness (QED) is 0.642. The number of nitrogen functional groups attached to an aromatic ring is 1. The molecule has 2 aromatic heterocycles. The lowest BCUT2D eigenvalue weighted by Gasteiger charge is -2.11. The zero-order chi connectivity index (χ0) is 17.8. The lowest BCUT2D eigenvalue weighted by Crippen LogP contribution is -1.95. The Morgan fingerprint density at radius 2 is 1.96 bits per heavy atom. The first-order chi connectivity index (χ1) is 12.1. The van der Waals surface area contributed by atoms with E-state index >= 15 is 0 Å². The van der Waals surface area contributed by atoms with Gasteiger partial charge in [0, 0.05) is 28.7 Å². The van der Waals surface area contributed by atoms with Crippen LogP contribution in [-0.2, 0) is 0 Å². The van der Waals surface area contributed by atoms with Gasteiger partial charge in [0.1, 0.15) is 0 Å². The van der Waals surface area contributed by atoms with Gasteiger partial charge in [-0.15, -0.1) is 0 Å². The summed E-state index contributed by atoms with van der Waals surface area (Å²) in [6.45, 7) is 6.26. The van der Waals surface area contributed by atoms with E-state index in [4.69, 9.17) is 5.73 Å². The van der Waals surface area contributed by atoms with Gasteiger partial charge in [0.2, 0.25) is 0 Å². The fourth-order valence-electron chi connectivity index (χ4n) is 2.75. The summed E-state index contributed by atoms with van der Waals surface area (Å²) in [4.78, 5) is 9.28. The van der Waals surface area contributed by atoms with Crippen molar-refractivity contribution in [2.24, 2.45) is 0 Å². The molecule has 0 atom stereocenters. The molecule has 0 spiro atoms. The van der Waals surface area contributed by atoms with Gasteiger partial charge >= 0.3 is 0 Å². The Hall–Kier alpha value is -2.94. The molecule has 0 saturated heterocycles. The second-order valence-corrected chi connectivity index (χ2v) is 6.25. The van der Waals surface area contributed by atoms with E-state index in [1.807, 2.05) is 49.5 Å². The molecule has 3 nitrogen and oxygen atoms in total. The summed E-state index contributed by atoms with van der Waals surface area (Å²) in [6, 6.07) is 16.1. The Morgan fingerprint density at radius 3 is 2.72 bits per heavy atom. The van der Waals surface area contributed by atoms with Crippen LogP contribution in [0, 0.1) is 6.92 Å². The molecule has 1 aromatic carbocycles. The molecule has 0 bridgehead atoms. The Morgan fingerprint density at radius 1 is 1.12 bits per heavy atom. The number of allylic oxidation sites excluding steroid dienone is 1. The lowest BCUT2D eigenvalue weighted by atomic mass is 9.99. The molecule has 0 aliphatic heterocycles. The number of pyridine rings is 2. The normalized spacial score (nSPS) is 11.6. The van der Waals surface area contributed by atoms with Gasteiger partial charge in [0.05, 0.1) is 11.4 Å². The van der Waals surface area contributed by atoms with Gasteiger partial charge in [-0.25, -0.2) is 0 Å². The summed E-state index contributed by atoms with van der Waals surface area (Å²) in [5.41, 5.74) is 14.2. The van der Waals surface area contributed by atoms with Crippen LogP contribution in [0.1, 0.15) is 31.5 Å². The maximum atomic E-state index is 6.16. The van der Waals surface area contributed by atoms with Gasteiger partial charge in [-0.2, -0.15) is 0 Å². The van der Waals surface area contributed by atoms with Crippen LogP contribution in [0.4, 0.5) is 5.69 Å². The van der Waals surface area contributed by atoms with E-state index in [1.165, 1.54) is 5.57 Å². The van der Waals surface area contributed by atoms with Crippen molar-refractivity contribution in [3.05, 3.63) is 71.6 Å². The zero-order valence-electron chi connectivity index (χ0n) is 15.0. The van der Waals surface area contributed by atoms with Crippen LogP contribution in [0.3, 0.4) is 0 Å². The third-order valence-electron chi connectivity index (χ3n) is 4.29. The maximum Gasteiger partial charge on any atom is 0.0796 e. The number of hydrogen-bond donors (Lipinski definition) is 1. The van der Waals surface area contributed by atoms with Gasteiger partial charge in [-0.1, -0.05) is 30.7 Å². The molecule has 3 rings (SSSR count). The number of aryl methyl sites for hydroxylation is 1. The summed E-state index contributed by atoms with van der Waals surface area (Å²) in [7, 11) is 0. The molecule has 0 amide bonds. The van der Waals surface area contributed by atoms with E-state index in [2.05, 4.69) is 42.0 Å². The highest BCUT2D eigenvalue weighted by Gasteiger charge is 2.11. The van der Waals surface area contributed by atoms with Gasteiger partial charge in [-0.3, -0.25) is 9.97 Å². The lowest BCUT2D eigenvalue weighted by molar-refractivity contribution is 1.11. The van der Waals surface area contributed by atoms with Gasteiger partial charge in [-0.05, 0) is 62.2 Å². The molecule has 0 saturated carbocycles. The molecule has 3 aromatic rings. The maximum absolute atomic E-state index is 6.16. The Kier molecular flexibility index (Phi) is 4.94. The largest absolute Gasteiger partial charge is 0.398 e. The topological polar surface area (TPSA) is 51.8 Å². The highest BCUT2D eigenvalue weighted by molar-refractivity contribution is 5.82. The van der Waals surface area contributed by atoms with Crippen molar-refractivity contribution in [1.29, 1.82) is 0 Å². The van der Waals surface area contributed by atoms with Crippen LogP contribution in [0.15, 0.2) is 60.3 Å². The average Bonchev–Trinajstić information content (AvgIpc) is 2.63. The molecule has 0 fully saturated rings. The van der Waals surface area contributed by atoms with Crippen LogP contribution in [0.5, 0.6) is 0 Å². The minimum Gasteiger partial charge on any atom is -0.398 e. The second-order valence-electron chi connectivity index (χ2n) is 6.25. The number of nitrogens with zero attached hydrogens (tertiary/aromatic N) is 2. The molecule has 126 valence electrons. The molecule has 0 unspecified atom stereocenters. The molecular formula is C22H23N3. The minimum absolute atomic E-state index is 0.780. The predicted octanol–water partition coefficient (Wildman–Crippen LogP) is 5.51. The smallest absolute Gasteiger partial charge is 0.0796 e. The molecule has 2 heterocycles. The molecule has 2 N–H and O–H groups in total. The minimum atomic E-state index is 0.780. The fraction of sp³-hybridized carbons (Fsp3) is 0.182. The number of benzene rings is 1. The molecule has 0 radical (unpaired) electrons. The van der Waals surface area contributed by atoms with Crippen LogP contribution in [0.2, 0.25) is 0 Å². The predicted molar refractivity (Wildman–Crippen MR) is 106 cm³/mol. The van der Waals surface area contributed by atoms with Crippen molar-refractivity contribution in [1.82, 2.24) is 9.97 Å². The monoisotopic (exact) mass is 329 g/mol. The Balaban J connectivity index is 2.14. The number of rotatable bonds is 4. The first-order valence-corrected chi connectivity index (χ1v) is 8.54. The van der Waals surface area contributed by atoms with E-state index < -0.39 is 0 Å². The third kappa shape index (κ3) is 3.77. The highest BCUT2D eigenvalue weighted by Crippen LogP contribution is 2.31. The first kappa shape index (κ1) is 16.9. The highest BCUT2D eigenvalue weighted by atomic mass is 14.7. The standard InChI is InChI=1S/C22H23N3/c1-4-15(2)13-18-14-17(10-11-20(18)23)22-19(8-6-12-24-22)21-9-5-7-16(3)25-21/h5-14H,4,23H2,1-3H3/b15-13+. The molecule has 25 heavy (non-hydrogen) atoms. The second kappa shape index (κ2) is 7.31. The van der Waals surface area contributed by atoms with Gasteiger partial charge < -0.3 is 5.73 Å². The van der Waals surface area contributed by atoms with E-state index in [0.29, 0.717) is 0 Å².